The number of hydrogen-bond donors (Lipinski definition) is 1. The molecule has 2 atom stereocenters. The molecule has 2 aromatic rings. The summed E-state index contributed by atoms with van der Waals surface area (Å²) in [4.78, 5) is 27.3. The fourth-order valence-corrected chi connectivity index (χ4v) is 5.68. The molecule has 1 fully saturated rings. The van der Waals surface area contributed by atoms with Gasteiger partial charge in [0.2, 0.25) is 5.78 Å². The average molecular weight is 401 g/mol. The average Bonchev–Trinajstić information content (AvgIpc) is 3.35. The third-order valence-corrected chi connectivity index (χ3v) is 7.07. The molecule has 1 amide bonds. The molecule has 0 radical (unpaired) electrons. The number of amides is 1. The summed E-state index contributed by atoms with van der Waals surface area (Å²) >= 11 is 0. The molecule has 2 unspecified atom stereocenters. The minimum Gasteiger partial charge on any atom is -0.503 e. The van der Waals surface area contributed by atoms with Crippen LogP contribution in [0.25, 0.3) is 0 Å². The molecule has 0 aliphatic carbocycles. The van der Waals surface area contributed by atoms with Crippen LogP contribution < -0.4 is 0 Å². The number of sulfone groups is 1. The third-order valence-electron chi connectivity index (χ3n) is 5.32. The van der Waals surface area contributed by atoms with E-state index in [4.69, 9.17) is 4.42 Å². The molecule has 1 aromatic carbocycles. The van der Waals surface area contributed by atoms with Crippen LogP contribution in [-0.4, -0.2) is 47.7 Å². The van der Waals surface area contributed by atoms with E-state index in [0.717, 1.165) is 5.56 Å². The van der Waals surface area contributed by atoms with Gasteiger partial charge in [-0.2, -0.15) is 0 Å². The third kappa shape index (κ3) is 2.93. The van der Waals surface area contributed by atoms with Gasteiger partial charge < -0.3 is 14.4 Å². The maximum atomic E-state index is 13.0. The van der Waals surface area contributed by atoms with Crippen LogP contribution in [0, 0.1) is 6.92 Å². The van der Waals surface area contributed by atoms with Gasteiger partial charge in [0.25, 0.3) is 5.91 Å². The van der Waals surface area contributed by atoms with E-state index in [2.05, 4.69) is 0 Å². The molecule has 8 heteroatoms. The molecule has 146 valence electrons. The molecule has 0 bridgehead atoms. The summed E-state index contributed by atoms with van der Waals surface area (Å²) < 4.78 is 29.2. The highest BCUT2D eigenvalue weighted by Gasteiger charge is 2.49. The predicted octanol–water partition coefficient (Wildman–Crippen LogP) is 2.35. The van der Waals surface area contributed by atoms with Crippen LogP contribution in [0.3, 0.4) is 0 Å². The minimum atomic E-state index is -3.27. The van der Waals surface area contributed by atoms with Crippen LogP contribution >= 0.6 is 0 Å². The van der Waals surface area contributed by atoms with E-state index in [-0.39, 0.29) is 29.3 Å². The highest BCUT2D eigenvalue weighted by atomic mass is 32.2. The Morgan fingerprint density at radius 1 is 1.21 bits per heavy atom. The summed E-state index contributed by atoms with van der Waals surface area (Å²) in [5, 5.41) is 10.6. The maximum Gasteiger partial charge on any atom is 0.290 e. The first-order valence-corrected chi connectivity index (χ1v) is 10.7. The van der Waals surface area contributed by atoms with E-state index in [1.807, 2.05) is 19.1 Å². The van der Waals surface area contributed by atoms with E-state index in [9.17, 15) is 23.1 Å². The van der Waals surface area contributed by atoms with Gasteiger partial charge >= 0.3 is 0 Å². The molecule has 3 heterocycles. The van der Waals surface area contributed by atoms with Crippen LogP contribution in [0.1, 0.15) is 34.1 Å². The summed E-state index contributed by atoms with van der Waals surface area (Å²) in [6.07, 6.45) is 1.61. The van der Waals surface area contributed by atoms with Crippen molar-refractivity contribution < 1.29 is 27.5 Å². The Kier molecular flexibility index (Phi) is 4.38. The molecule has 2 aliphatic heterocycles. The largest absolute Gasteiger partial charge is 0.503 e. The Morgan fingerprint density at radius 3 is 2.57 bits per heavy atom. The van der Waals surface area contributed by atoms with Gasteiger partial charge in [-0.25, -0.2) is 8.42 Å². The fraction of sp³-hybridized carbons (Fsp3) is 0.300. The second-order valence-corrected chi connectivity index (χ2v) is 9.33. The van der Waals surface area contributed by atoms with Crippen molar-refractivity contribution in [2.24, 2.45) is 0 Å². The van der Waals surface area contributed by atoms with Gasteiger partial charge in [0, 0.05) is 6.04 Å². The number of rotatable bonds is 4. The fourth-order valence-electron chi connectivity index (χ4n) is 3.97. The van der Waals surface area contributed by atoms with Crippen LogP contribution in [0.2, 0.25) is 0 Å². The van der Waals surface area contributed by atoms with E-state index in [1.54, 1.807) is 18.2 Å². The van der Waals surface area contributed by atoms with Crippen LogP contribution in [0.4, 0.5) is 0 Å². The number of furan rings is 1. The normalized spacial score (nSPS) is 24.2. The topological polar surface area (TPSA) is 105 Å². The minimum absolute atomic E-state index is 0.00817. The number of carbonyl (C=O) groups is 2. The van der Waals surface area contributed by atoms with Crippen LogP contribution in [-0.2, 0) is 14.6 Å². The van der Waals surface area contributed by atoms with Crippen molar-refractivity contribution in [2.45, 2.75) is 25.4 Å². The van der Waals surface area contributed by atoms with E-state index in [0.29, 0.717) is 5.56 Å². The quantitative estimate of drug-likeness (QED) is 0.789. The highest BCUT2D eigenvalue weighted by molar-refractivity contribution is 7.91. The first kappa shape index (κ1) is 18.5. The lowest BCUT2D eigenvalue weighted by Gasteiger charge is -2.32. The SMILES string of the molecule is Cc1ccccc1C1C(C(=O)c2ccco2)=C(O)C(=O)N1C1CCS(=O)(=O)C1. The van der Waals surface area contributed by atoms with Gasteiger partial charge in [-0.3, -0.25) is 9.59 Å². The Balaban J connectivity index is 1.85. The van der Waals surface area contributed by atoms with Gasteiger partial charge in [0.05, 0.1) is 29.4 Å². The summed E-state index contributed by atoms with van der Waals surface area (Å²) in [6, 6.07) is 8.76. The van der Waals surface area contributed by atoms with E-state index >= 15 is 0 Å². The number of benzene rings is 1. The lowest BCUT2D eigenvalue weighted by molar-refractivity contribution is -0.131. The van der Waals surface area contributed by atoms with Gasteiger partial charge in [-0.05, 0) is 36.6 Å². The molecule has 1 N–H and O–H groups in total. The number of Topliss-reactive ketones (excluding diaryl/α,β-unsaturated/α-hetero) is 1. The Morgan fingerprint density at radius 2 is 1.96 bits per heavy atom. The second-order valence-electron chi connectivity index (χ2n) is 7.10. The molecule has 7 nitrogen and oxygen atoms in total. The first-order chi connectivity index (χ1) is 13.3. The predicted molar refractivity (Wildman–Crippen MR) is 101 cm³/mol. The zero-order chi connectivity index (χ0) is 20.1. The van der Waals surface area contributed by atoms with Crippen molar-refractivity contribution in [1.82, 2.24) is 4.90 Å². The molecular weight excluding hydrogens is 382 g/mol. The van der Waals surface area contributed by atoms with Crippen molar-refractivity contribution in [3.63, 3.8) is 0 Å². The summed E-state index contributed by atoms with van der Waals surface area (Å²) in [6.45, 7) is 1.84. The summed E-state index contributed by atoms with van der Waals surface area (Å²) in [5.41, 5.74) is 1.41. The monoisotopic (exact) mass is 401 g/mol. The Hall–Kier alpha value is -2.87. The number of nitrogens with zero attached hydrogens (tertiary/aromatic N) is 1. The first-order valence-electron chi connectivity index (χ1n) is 8.90. The van der Waals surface area contributed by atoms with Crippen molar-refractivity contribution >= 4 is 21.5 Å². The molecule has 0 saturated carbocycles. The molecule has 2 aliphatic rings. The number of carbonyl (C=O) groups excluding carboxylic acids is 2. The molecule has 1 aromatic heterocycles. The highest BCUT2D eigenvalue weighted by Crippen LogP contribution is 2.43. The molecule has 1 saturated heterocycles. The Labute approximate surface area is 162 Å². The second kappa shape index (κ2) is 6.63. The number of hydrogen-bond acceptors (Lipinski definition) is 6. The van der Waals surface area contributed by atoms with Gasteiger partial charge in [-0.15, -0.1) is 0 Å². The molecule has 28 heavy (non-hydrogen) atoms. The van der Waals surface area contributed by atoms with Crippen molar-refractivity contribution in [3.8, 4) is 0 Å². The van der Waals surface area contributed by atoms with Crippen LogP contribution in [0.15, 0.2) is 58.4 Å². The maximum absolute atomic E-state index is 13.0. The number of aliphatic hydroxyl groups is 1. The van der Waals surface area contributed by atoms with E-state index in [1.165, 1.54) is 17.2 Å². The van der Waals surface area contributed by atoms with Crippen molar-refractivity contribution in [1.29, 1.82) is 0 Å². The van der Waals surface area contributed by atoms with Crippen molar-refractivity contribution in [3.05, 3.63) is 70.9 Å². The van der Waals surface area contributed by atoms with Crippen molar-refractivity contribution in [2.75, 3.05) is 11.5 Å². The summed E-state index contributed by atoms with van der Waals surface area (Å²) in [5.74, 6) is -2.17. The van der Waals surface area contributed by atoms with Crippen LogP contribution in [0.5, 0.6) is 0 Å². The van der Waals surface area contributed by atoms with Gasteiger partial charge in [-0.1, -0.05) is 24.3 Å². The molecular formula is C20H19NO6S. The zero-order valence-electron chi connectivity index (χ0n) is 15.2. The smallest absolute Gasteiger partial charge is 0.290 e. The van der Waals surface area contributed by atoms with E-state index < -0.39 is 39.4 Å². The van der Waals surface area contributed by atoms with Gasteiger partial charge in [0.1, 0.15) is 0 Å². The molecule has 4 rings (SSSR count). The lowest BCUT2D eigenvalue weighted by Crippen LogP contribution is -2.41. The lowest BCUT2D eigenvalue weighted by atomic mass is 9.91. The number of aliphatic hydroxyl groups excluding tert-OH is 1. The van der Waals surface area contributed by atoms with Gasteiger partial charge in [0.15, 0.2) is 21.4 Å². The number of ketones is 1. The Bertz CT molecular complexity index is 1080. The standard InChI is InChI=1S/C20H19NO6S/c1-12-5-2-3-6-14(12)17-16(18(22)15-7-4-9-27-15)19(23)20(24)21(17)13-8-10-28(25,26)11-13/h2-7,9,13,17,23H,8,10-11H2,1H3. The number of aryl methyl sites for hydroxylation is 1. The molecule has 0 spiro atoms. The summed E-state index contributed by atoms with van der Waals surface area (Å²) in [7, 11) is -3.27. The zero-order valence-corrected chi connectivity index (χ0v) is 16.0.